The Balaban J connectivity index is 2.09. The first-order valence-electron chi connectivity index (χ1n) is 5.62. The van der Waals surface area contributed by atoms with E-state index in [1.807, 2.05) is 0 Å². The van der Waals surface area contributed by atoms with Crippen molar-refractivity contribution in [1.29, 1.82) is 0 Å². The van der Waals surface area contributed by atoms with Crippen LogP contribution in [-0.4, -0.2) is 7.05 Å². The van der Waals surface area contributed by atoms with Crippen molar-refractivity contribution in [3.63, 3.8) is 0 Å². The Morgan fingerprint density at radius 3 is 2.71 bits per heavy atom. The quantitative estimate of drug-likeness (QED) is 0.713. The van der Waals surface area contributed by atoms with Crippen molar-refractivity contribution in [1.82, 2.24) is 5.32 Å². The molecule has 1 fully saturated rings. The second kappa shape index (κ2) is 2.83. The molecule has 0 saturated heterocycles. The predicted molar refractivity (Wildman–Crippen MR) is 58.4 cm³/mol. The van der Waals surface area contributed by atoms with Gasteiger partial charge in [0.05, 0.1) is 0 Å². The molecule has 14 heavy (non-hydrogen) atoms. The third-order valence-corrected chi connectivity index (χ3v) is 4.16. The molecule has 1 atom stereocenters. The van der Waals surface area contributed by atoms with Crippen molar-refractivity contribution in [3.05, 3.63) is 35.4 Å². The average molecular weight is 187 g/mol. The molecule has 74 valence electrons. The Labute approximate surface area is 85.5 Å². The first-order chi connectivity index (χ1) is 6.86. The smallest absolute Gasteiger partial charge is 0.0328 e. The second-order valence-corrected chi connectivity index (χ2v) is 4.77. The van der Waals surface area contributed by atoms with Gasteiger partial charge in [-0.05, 0) is 42.9 Å². The Hall–Kier alpha value is -0.820. The molecule has 0 bridgehead atoms. The van der Waals surface area contributed by atoms with Crippen LogP contribution in [0.15, 0.2) is 24.3 Å². The summed E-state index contributed by atoms with van der Waals surface area (Å²) < 4.78 is 0. The summed E-state index contributed by atoms with van der Waals surface area (Å²) in [6, 6.07) is 9.60. The lowest BCUT2D eigenvalue weighted by Crippen LogP contribution is -2.32. The van der Waals surface area contributed by atoms with Crippen molar-refractivity contribution in [3.8, 4) is 0 Å². The first kappa shape index (κ1) is 8.49. The van der Waals surface area contributed by atoms with Crippen molar-refractivity contribution >= 4 is 0 Å². The van der Waals surface area contributed by atoms with E-state index in [0.717, 1.165) is 0 Å². The van der Waals surface area contributed by atoms with Crippen LogP contribution in [0.1, 0.15) is 42.9 Å². The van der Waals surface area contributed by atoms with Gasteiger partial charge in [-0.2, -0.15) is 0 Å². The number of hydrogen-bond donors (Lipinski definition) is 1. The van der Waals surface area contributed by atoms with Crippen LogP contribution >= 0.6 is 0 Å². The third-order valence-electron chi connectivity index (χ3n) is 4.16. The standard InChI is InChI=1S/C13H17N/c1-14-12-9-13(7-4-8-13)11-6-3-2-5-10(11)12/h2-3,5-6,12,14H,4,7-9H2,1H3. The lowest BCUT2D eigenvalue weighted by atomic mass is 9.65. The SMILES string of the molecule is CNC1CC2(CCC2)c2ccccc21. The van der Waals surface area contributed by atoms with E-state index in [0.29, 0.717) is 11.5 Å². The van der Waals surface area contributed by atoms with Crippen LogP contribution in [0, 0.1) is 0 Å². The highest BCUT2D eigenvalue weighted by molar-refractivity contribution is 5.43. The van der Waals surface area contributed by atoms with Crippen LogP contribution in [0.5, 0.6) is 0 Å². The number of nitrogens with one attached hydrogen (secondary N) is 1. The molecule has 1 nitrogen and oxygen atoms in total. The molecule has 3 rings (SSSR count). The van der Waals surface area contributed by atoms with Gasteiger partial charge in [-0.3, -0.25) is 0 Å². The van der Waals surface area contributed by atoms with Gasteiger partial charge < -0.3 is 5.32 Å². The van der Waals surface area contributed by atoms with Gasteiger partial charge in [-0.1, -0.05) is 30.7 Å². The molecule has 1 saturated carbocycles. The summed E-state index contributed by atoms with van der Waals surface area (Å²) in [4.78, 5) is 0. The zero-order valence-corrected chi connectivity index (χ0v) is 8.72. The molecular weight excluding hydrogens is 170 g/mol. The number of hydrogen-bond acceptors (Lipinski definition) is 1. The topological polar surface area (TPSA) is 12.0 Å². The fourth-order valence-corrected chi connectivity index (χ4v) is 3.23. The molecule has 1 heteroatoms. The van der Waals surface area contributed by atoms with Gasteiger partial charge in [0, 0.05) is 6.04 Å². The average Bonchev–Trinajstić information content (AvgIpc) is 2.52. The molecular formula is C13H17N. The fourth-order valence-electron chi connectivity index (χ4n) is 3.23. The maximum absolute atomic E-state index is 3.44. The highest BCUT2D eigenvalue weighted by Gasteiger charge is 2.46. The van der Waals surface area contributed by atoms with Gasteiger partial charge in [-0.25, -0.2) is 0 Å². The summed E-state index contributed by atoms with van der Waals surface area (Å²) in [7, 11) is 2.08. The van der Waals surface area contributed by atoms with Crippen molar-refractivity contribution < 1.29 is 0 Å². The third kappa shape index (κ3) is 0.936. The Kier molecular flexibility index (Phi) is 1.72. The van der Waals surface area contributed by atoms with E-state index in [1.165, 1.54) is 25.7 Å². The molecule has 1 N–H and O–H groups in total. The number of fused-ring (bicyclic) bond motifs is 2. The van der Waals surface area contributed by atoms with Crippen molar-refractivity contribution in [2.45, 2.75) is 37.1 Å². The summed E-state index contributed by atoms with van der Waals surface area (Å²) in [6.07, 6.45) is 5.55. The number of rotatable bonds is 1. The molecule has 0 aromatic heterocycles. The van der Waals surface area contributed by atoms with Crippen molar-refractivity contribution in [2.24, 2.45) is 0 Å². The van der Waals surface area contributed by atoms with E-state index in [2.05, 4.69) is 36.6 Å². The molecule has 1 aromatic carbocycles. The van der Waals surface area contributed by atoms with Crippen LogP contribution in [0.25, 0.3) is 0 Å². The Bertz CT molecular complexity index is 352. The predicted octanol–water partition coefficient (Wildman–Crippen LogP) is 2.77. The van der Waals surface area contributed by atoms with Crippen LogP contribution in [-0.2, 0) is 5.41 Å². The Morgan fingerprint density at radius 2 is 2.07 bits per heavy atom. The molecule has 1 aromatic rings. The molecule has 1 spiro atoms. The minimum Gasteiger partial charge on any atom is -0.313 e. The van der Waals surface area contributed by atoms with E-state index < -0.39 is 0 Å². The summed E-state index contributed by atoms with van der Waals surface area (Å²) >= 11 is 0. The van der Waals surface area contributed by atoms with Crippen LogP contribution < -0.4 is 5.32 Å². The van der Waals surface area contributed by atoms with Crippen LogP contribution in [0.3, 0.4) is 0 Å². The molecule has 0 heterocycles. The monoisotopic (exact) mass is 187 g/mol. The normalized spacial score (nSPS) is 27.4. The van der Waals surface area contributed by atoms with Gasteiger partial charge in [0.25, 0.3) is 0 Å². The zero-order valence-electron chi connectivity index (χ0n) is 8.72. The van der Waals surface area contributed by atoms with Crippen molar-refractivity contribution in [2.75, 3.05) is 7.05 Å². The maximum atomic E-state index is 3.44. The van der Waals surface area contributed by atoms with E-state index in [9.17, 15) is 0 Å². The highest BCUT2D eigenvalue weighted by Crippen LogP contribution is 2.55. The van der Waals surface area contributed by atoms with Crippen LogP contribution in [0.4, 0.5) is 0 Å². The first-order valence-corrected chi connectivity index (χ1v) is 5.62. The largest absolute Gasteiger partial charge is 0.313 e. The minimum absolute atomic E-state index is 0.560. The fraction of sp³-hybridized carbons (Fsp3) is 0.538. The summed E-state index contributed by atoms with van der Waals surface area (Å²) in [5.41, 5.74) is 3.74. The van der Waals surface area contributed by atoms with Gasteiger partial charge in [0.1, 0.15) is 0 Å². The minimum atomic E-state index is 0.560. The molecule has 0 aliphatic heterocycles. The molecule has 2 aliphatic rings. The van der Waals surface area contributed by atoms with Gasteiger partial charge in [-0.15, -0.1) is 0 Å². The number of benzene rings is 1. The maximum Gasteiger partial charge on any atom is 0.0328 e. The van der Waals surface area contributed by atoms with E-state index >= 15 is 0 Å². The highest BCUT2D eigenvalue weighted by atomic mass is 14.9. The van der Waals surface area contributed by atoms with E-state index in [1.54, 1.807) is 11.1 Å². The molecule has 0 amide bonds. The Morgan fingerprint density at radius 1 is 1.29 bits per heavy atom. The summed E-state index contributed by atoms with van der Waals surface area (Å²) in [6.45, 7) is 0. The molecule has 0 radical (unpaired) electrons. The second-order valence-electron chi connectivity index (χ2n) is 4.77. The lowest BCUT2D eigenvalue weighted by molar-refractivity contribution is 0.227. The van der Waals surface area contributed by atoms with E-state index in [-0.39, 0.29) is 0 Å². The summed E-state index contributed by atoms with van der Waals surface area (Å²) in [5, 5.41) is 3.44. The summed E-state index contributed by atoms with van der Waals surface area (Å²) in [5.74, 6) is 0. The van der Waals surface area contributed by atoms with Gasteiger partial charge in [0.15, 0.2) is 0 Å². The van der Waals surface area contributed by atoms with Gasteiger partial charge in [0.2, 0.25) is 0 Å². The lowest BCUT2D eigenvalue weighted by Gasteiger charge is -2.39. The molecule has 1 unspecified atom stereocenters. The van der Waals surface area contributed by atoms with Crippen LogP contribution in [0.2, 0.25) is 0 Å². The molecule has 2 aliphatic carbocycles. The van der Waals surface area contributed by atoms with E-state index in [4.69, 9.17) is 0 Å². The van der Waals surface area contributed by atoms with Gasteiger partial charge >= 0.3 is 0 Å². The zero-order chi connectivity index (χ0) is 9.60.